The normalized spacial score (nSPS) is 12.0. The smallest absolute Gasteiger partial charge is 0.349 e. The topological polar surface area (TPSA) is 78.9 Å². The van der Waals surface area contributed by atoms with E-state index in [1.165, 1.54) is 0 Å². The van der Waals surface area contributed by atoms with E-state index in [-0.39, 0.29) is 6.61 Å². The Morgan fingerprint density at radius 1 is 1.16 bits per heavy atom. The summed E-state index contributed by atoms with van der Waals surface area (Å²) >= 11 is 0. The van der Waals surface area contributed by atoms with Gasteiger partial charge in [-0.1, -0.05) is 18.6 Å². The molecule has 7 heteroatoms. The highest BCUT2D eigenvalue weighted by Crippen LogP contribution is 2.22. The van der Waals surface area contributed by atoms with Gasteiger partial charge in [-0.05, 0) is 57.7 Å². The zero-order valence-corrected chi connectivity index (χ0v) is 16.2. The van der Waals surface area contributed by atoms with Gasteiger partial charge >= 0.3 is 5.97 Å². The molecule has 1 rings (SSSR count). The van der Waals surface area contributed by atoms with Crippen molar-refractivity contribution < 1.29 is 26.9 Å². The molecule has 0 radical (unpaired) electrons. The van der Waals surface area contributed by atoms with Crippen molar-refractivity contribution in [3.63, 3.8) is 0 Å². The Hall–Kier alpha value is -1.60. The molecule has 0 heterocycles. The second-order valence-electron chi connectivity index (χ2n) is 6.32. The van der Waals surface area contributed by atoms with Crippen molar-refractivity contribution in [1.82, 2.24) is 0 Å². The molecular formula is C18H28O6S. The predicted molar refractivity (Wildman–Crippen MR) is 96.1 cm³/mol. The van der Waals surface area contributed by atoms with Gasteiger partial charge in [0.25, 0.3) is 10.1 Å². The summed E-state index contributed by atoms with van der Waals surface area (Å²) in [5.74, 6) is 0.224. The highest BCUT2D eigenvalue weighted by molar-refractivity contribution is 7.85. The van der Waals surface area contributed by atoms with Gasteiger partial charge in [-0.25, -0.2) is 4.79 Å². The molecule has 0 N–H and O–H groups in total. The number of hydrogen-bond acceptors (Lipinski definition) is 6. The van der Waals surface area contributed by atoms with Gasteiger partial charge in [0.05, 0.1) is 19.5 Å². The number of aryl methyl sites for hydroxylation is 1. The molecule has 0 spiro atoms. The van der Waals surface area contributed by atoms with E-state index in [1.54, 1.807) is 20.8 Å². The molecule has 1 aromatic rings. The first-order valence-corrected chi connectivity index (χ1v) is 10.3. The molecule has 1 aromatic carbocycles. The molecule has 0 saturated heterocycles. The Morgan fingerprint density at radius 3 is 2.52 bits per heavy atom. The van der Waals surface area contributed by atoms with E-state index < -0.39 is 21.7 Å². The number of hydrogen-bond donors (Lipinski definition) is 0. The molecular weight excluding hydrogens is 344 g/mol. The van der Waals surface area contributed by atoms with Crippen molar-refractivity contribution in [2.75, 3.05) is 19.5 Å². The zero-order chi connectivity index (χ0) is 18.9. The summed E-state index contributed by atoms with van der Waals surface area (Å²) in [6.45, 7) is 5.65. The van der Waals surface area contributed by atoms with E-state index in [0.29, 0.717) is 18.8 Å². The van der Waals surface area contributed by atoms with Crippen molar-refractivity contribution in [3.8, 4) is 5.75 Å². The number of carbonyl (C=O) groups is 1. The second-order valence-corrected chi connectivity index (χ2v) is 7.96. The molecule has 0 aromatic heterocycles. The summed E-state index contributed by atoms with van der Waals surface area (Å²) < 4.78 is 37.2. The van der Waals surface area contributed by atoms with E-state index >= 15 is 0 Å². The van der Waals surface area contributed by atoms with Crippen LogP contribution in [0.25, 0.3) is 0 Å². The molecule has 0 aliphatic carbocycles. The number of unbranched alkanes of at least 4 members (excludes halogenated alkanes) is 2. The lowest BCUT2D eigenvalue weighted by atomic mass is 10.1. The van der Waals surface area contributed by atoms with E-state index in [2.05, 4.69) is 0 Å². The molecule has 0 fully saturated rings. The Morgan fingerprint density at radius 2 is 1.88 bits per heavy atom. The van der Waals surface area contributed by atoms with Crippen LogP contribution in [-0.4, -0.2) is 39.5 Å². The van der Waals surface area contributed by atoms with Crippen LogP contribution >= 0.6 is 0 Å². The summed E-state index contributed by atoms with van der Waals surface area (Å²) in [6.07, 6.45) is 4.37. The molecule has 0 aliphatic heterocycles. The summed E-state index contributed by atoms with van der Waals surface area (Å²) in [7, 11) is -3.35. The highest BCUT2D eigenvalue weighted by Gasteiger charge is 2.31. The number of ether oxygens (including phenoxy) is 2. The van der Waals surface area contributed by atoms with Gasteiger partial charge in [0, 0.05) is 0 Å². The molecule has 0 aliphatic rings. The molecule has 142 valence electrons. The fourth-order valence-electron chi connectivity index (χ4n) is 2.22. The van der Waals surface area contributed by atoms with E-state index in [9.17, 15) is 13.2 Å². The van der Waals surface area contributed by atoms with Crippen LogP contribution in [0.1, 0.15) is 45.6 Å². The van der Waals surface area contributed by atoms with Gasteiger partial charge in [0.1, 0.15) is 5.75 Å². The van der Waals surface area contributed by atoms with Crippen molar-refractivity contribution in [1.29, 1.82) is 0 Å². The van der Waals surface area contributed by atoms with E-state index in [4.69, 9.17) is 13.7 Å². The molecule has 6 nitrogen and oxygen atoms in total. The van der Waals surface area contributed by atoms with Crippen LogP contribution in [-0.2, 0) is 30.3 Å². The number of benzene rings is 1. The second kappa shape index (κ2) is 9.77. The van der Waals surface area contributed by atoms with Crippen molar-refractivity contribution in [3.05, 3.63) is 29.8 Å². The Kier molecular flexibility index (Phi) is 8.38. The maximum Gasteiger partial charge on any atom is 0.349 e. The first kappa shape index (κ1) is 21.4. The van der Waals surface area contributed by atoms with Gasteiger partial charge in [0.2, 0.25) is 0 Å². The maximum atomic E-state index is 11.9. The summed E-state index contributed by atoms with van der Waals surface area (Å²) in [5, 5.41) is 0. The Bertz CT molecular complexity index is 651. The predicted octanol–water partition coefficient (Wildman–Crippen LogP) is 3.10. The molecule has 25 heavy (non-hydrogen) atoms. The monoisotopic (exact) mass is 372 g/mol. The summed E-state index contributed by atoms with van der Waals surface area (Å²) in [4.78, 5) is 11.9. The lowest BCUT2D eigenvalue weighted by Crippen LogP contribution is -2.39. The maximum absolute atomic E-state index is 11.9. The van der Waals surface area contributed by atoms with Crippen LogP contribution < -0.4 is 4.74 Å². The largest absolute Gasteiger partial charge is 0.476 e. The molecule has 0 unspecified atom stereocenters. The minimum absolute atomic E-state index is 0.218. The molecule has 0 amide bonds. The quantitative estimate of drug-likeness (QED) is 0.337. The minimum atomic E-state index is -3.35. The zero-order valence-electron chi connectivity index (χ0n) is 15.4. The van der Waals surface area contributed by atoms with Crippen LogP contribution in [0.5, 0.6) is 5.75 Å². The van der Waals surface area contributed by atoms with E-state index in [0.717, 1.165) is 31.1 Å². The van der Waals surface area contributed by atoms with Crippen molar-refractivity contribution in [2.24, 2.45) is 0 Å². The first-order chi connectivity index (χ1) is 11.6. The lowest BCUT2D eigenvalue weighted by Gasteiger charge is -2.24. The van der Waals surface area contributed by atoms with Crippen molar-refractivity contribution in [2.45, 2.75) is 52.1 Å². The van der Waals surface area contributed by atoms with Crippen molar-refractivity contribution >= 4 is 16.1 Å². The Labute approximate surface area is 150 Å². The number of carbonyl (C=O) groups excluding carboxylic acids is 1. The molecule has 0 saturated carbocycles. The standard InChI is InChI=1S/C18H28O6S/c1-5-22-17(19)18(2,3)24-16-12-9-11-15(14-16)10-7-6-8-13-23-25(4,20)21/h9,11-12,14H,5-8,10,13H2,1-4H3. The molecule has 0 bridgehead atoms. The fraction of sp³-hybridized carbons (Fsp3) is 0.611. The third kappa shape index (κ3) is 8.88. The van der Waals surface area contributed by atoms with Gasteiger partial charge in [-0.3, -0.25) is 4.18 Å². The van der Waals surface area contributed by atoms with Crippen LogP contribution in [0, 0.1) is 0 Å². The third-order valence-corrected chi connectivity index (χ3v) is 4.04. The van der Waals surface area contributed by atoms with Gasteiger partial charge < -0.3 is 9.47 Å². The van der Waals surface area contributed by atoms with Gasteiger partial charge in [-0.2, -0.15) is 8.42 Å². The first-order valence-electron chi connectivity index (χ1n) is 8.43. The van der Waals surface area contributed by atoms with Crippen LogP contribution in [0.3, 0.4) is 0 Å². The average Bonchev–Trinajstić information content (AvgIpc) is 2.50. The van der Waals surface area contributed by atoms with Crippen LogP contribution in [0.4, 0.5) is 0 Å². The average molecular weight is 372 g/mol. The number of esters is 1. The van der Waals surface area contributed by atoms with Crippen LogP contribution in [0.15, 0.2) is 24.3 Å². The lowest BCUT2D eigenvalue weighted by molar-refractivity contribution is -0.158. The summed E-state index contributed by atoms with van der Waals surface area (Å²) in [6, 6.07) is 7.61. The highest BCUT2D eigenvalue weighted by atomic mass is 32.2. The van der Waals surface area contributed by atoms with E-state index in [1.807, 2.05) is 24.3 Å². The molecule has 0 atom stereocenters. The Balaban J connectivity index is 2.46. The van der Waals surface area contributed by atoms with Gasteiger partial charge in [-0.15, -0.1) is 0 Å². The SMILES string of the molecule is CCOC(=O)C(C)(C)Oc1cccc(CCCCCOS(C)(=O)=O)c1. The number of rotatable bonds is 11. The fourth-order valence-corrected chi connectivity index (χ4v) is 2.64. The third-order valence-electron chi connectivity index (χ3n) is 3.45. The summed E-state index contributed by atoms with van der Waals surface area (Å²) in [5.41, 5.74) is 0.0543. The minimum Gasteiger partial charge on any atom is -0.476 e. The van der Waals surface area contributed by atoms with Crippen LogP contribution in [0.2, 0.25) is 0 Å². The van der Waals surface area contributed by atoms with Gasteiger partial charge in [0.15, 0.2) is 5.60 Å².